The number of rotatable bonds is 5. The van der Waals surface area contributed by atoms with E-state index < -0.39 is 5.97 Å². The third kappa shape index (κ3) is 3.56. The Bertz CT molecular complexity index is 571. The molecule has 1 aliphatic rings. The number of anilines is 1. The second kappa shape index (κ2) is 6.83. The van der Waals surface area contributed by atoms with Crippen LogP contribution in [-0.2, 0) is 9.53 Å². The molecule has 0 bridgehead atoms. The molecular weight excluding hydrogens is 272 g/mol. The summed E-state index contributed by atoms with van der Waals surface area (Å²) in [5.41, 5.74) is 6.46. The smallest absolute Gasteiger partial charge is 0.361 e. The van der Waals surface area contributed by atoms with E-state index in [4.69, 9.17) is 10.5 Å². The maximum absolute atomic E-state index is 12.1. The van der Waals surface area contributed by atoms with Crippen molar-refractivity contribution >= 4 is 17.7 Å². The van der Waals surface area contributed by atoms with Crippen LogP contribution >= 0.6 is 0 Å². The van der Waals surface area contributed by atoms with E-state index in [-0.39, 0.29) is 24.0 Å². The summed E-state index contributed by atoms with van der Waals surface area (Å²) in [4.78, 5) is 33.1. The maximum Gasteiger partial charge on any atom is 0.361 e. The van der Waals surface area contributed by atoms with Gasteiger partial charge in [0, 0.05) is 24.6 Å². The van der Waals surface area contributed by atoms with Gasteiger partial charge >= 0.3 is 5.97 Å². The molecule has 7 heteroatoms. The Morgan fingerprint density at radius 3 is 2.76 bits per heavy atom. The summed E-state index contributed by atoms with van der Waals surface area (Å²) in [5.74, 6) is -1.01. The minimum Gasteiger partial charge on any atom is -0.451 e. The third-order valence-corrected chi connectivity index (χ3v) is 3.23. The van der Waals surface area contributed by atoms with Crippen LogP contribution in [0.3, 0.4) is 0 Å². The molecule has 0 aliphatic heterocycles. The summed E-state index contributed by atoms with van der Waals surface area (Å²) >= 11 is 0. The van der Waals surface area contributed by atoms with Gasteiger partial charge in [0.1, 0.15) is 0 Å². The topological polar surface area (TPSA) is 98.4 Å². The molecular formula is C14H18N4O3. The second-order valence-electron chi connectivity index (χ2n) is 4.59. The number of nitrogen functional groups attached to an aromatic ring is 1. The lowest BCUT2D eigenvalue weighted by Crippen LogP contribution is -2.33. The number of carbonyl (C=O) groups excluding carboxylic acids is 2. The van der Waals surface area contributed by atoms with Crippen LogP contribution in [0.15, 0.2) is 24.2 Å². The van der Waals surface area contributed by atoms with Crippen LogP contribution in [0.5, 0.6) is 0 Å². The number of nitrogens with two attached hydrogens (primary N) is 1. The van der Waals surface area contributed by atoms with Crippen molar-refractivity contribution < 1.29 is 14.3 Å². The average Bonchev–Trinajstić information content (AvgIpc) is 3.00. The van der Waals surface area contributed by atoms with Gasteiger partial charge in [-0.05, 0) is 26.2 Å². The Balaban J connectivity index is 1.94. The molecule has 0 saturated carbocycles. The number of carbonyl (C=O) groups is 2. The van der Waals surface area contributed by atoms with E-state index in [2.05, 4.69) is 9.97 Å². The predicted molar refractivity (Wildman–Crippen MR) is 76.0 cm³/mol. The molecule has 2 rings (SSSR count). The zero-order chi connectivity index (χ0) is 15.2. The first-order valence-electron chi connectivity index (χ1n) is 6.86. The fourth-order valence-electron chi connectivity index (χ4n) is 2.22. The molecule has 1 heterocycles. The van der Waals surface area contributed by atoms with Crippen LogP contribution in [0.4, 0.5) is 5.82 Å². The number of aromatic nitrogens is 2. The Morgan fingerprint density at radius 1 is 1.38 bits per heavy atom. The van der Waals surface area contributed by atoms with E-state index in [0.717, 1.165) is 25.0 Å². The molecule has 2 N–H and O–H groups in total. The largest absolute Gasteiger partial charge is 0.451 e. The molecule has 1 aliphatic carbocycles. The highest BCUT2D eigenvalue weighted by Gasteiger charge is 2.21. The minimum absolute atomic E-state index is 0.0132. The Kier molecular flexibility index (Phi) is 4.86. The van der Waals surface area contributed by atoms with Gasteiger partial charge in [0.2, 0.25) is 0 Å². The summed E-state index contributed by atoms with van der Waals surface area (Å²) < 4.78 is 4.97. The summed E-state index contributed by atoms with van der Waals surface area (Å²) in [7, 11) is 0. The normalized spacial score (nSPS) is 13.7. The summed E-state index contributed by atoms with van der Waals surface area (Å²) in [6.07, 6.45) is 7.68. The van der Waals surface area contributed by atoms with E-state index in [9.17, 15) is 9.59 Å². The highest BCUT2D eigenvalue weighted by molar-refractivity contribution is 5.93. The Morgan fingerprint density at radius 2 is 2.14 bits per heavy atom. The lowest BCUT2D eigenvalue weighted by Gasteiger charge is -2.22. The molecule has 0 fully saturated rings. The van der Waals surface area contributed by atoms with E-state index >= 15 is 0 Å². The second-order valence-corrected chi connectivity index (χ2v) is 4.59. The fraction of sp³-hybridized carbons (Fsp3) is 0.429. The SMILES string of the molecule is CCN(C(=O)COC(=O)c1nccnc1N)C1=CCCC1. The average molecular weight is 290 g/mol. The van der Waals surface area contributed by atoms with Crippen molar-refractivity contribution in [1.29, 1.82) is 0 Å². The molecule has 1 amide bonds. The van der Waals surface area contributed by atoms with Gasteiger partial charge in [-0.25, -0.2) is 14.8 Å². The molecule has 0 radical (unpaired) electrons. The molecule has 1 aromatic heterocycles. The number of hydrogen-bond donors (Lipinski definition) is 1. The van der Waals surface area contributed by atoms with E-state index in [1.54, 1.807) is 4.90 Å². The molecule has 112 valence electrons. The van der Waals surface area contributed by atoms with Crippen molar-refractivity contribution in [2.24, 2.45) is 0 Å². The van der Waals surface area contributed by atoms with Crippen LogP contribution in [0, 0.1) is 0 Å². The molecule has 0 unspecified atom stereocenters. The molecule has 0 spiro atoms. The standard InChI is InChI=1S/C14H18N4O3/c1-2-18(10-5-3-4-6-10)11(19)9-21-14(20)12-13(15)17-8-7-16-12/h5,7-8H,2-4,6,9H2,1H3,(H2,15,17). The summed E-state index contributed by atoms with van der Waals surface area (Å²) in [6.45, 7) is 2.11. The van der Waals surface area contributed by atoms with Crippen LogP contribution in [0.25, 0.3) is 0 Å². The van der Waals surface area contributed by atoms with Crippen molar-refractivity contribution in [3.63, 3.8) is 0 Å². The first-order valence-corrected chi connectivity index (χ1v) is 6.86. The number of amides is 1. The van der Waals surface area contributed by atoms with Gasteiger partial charge < -0.3 is 15.4 Å². The Hall–Kier alpha value is -2.44. The van der Waals surface area contributed by atoms with Crippen molar-refractivity contribution in [3.05, 3.63) is 29.9 Å². The highest BCUT2D eigenvalue weighted by Crippen LogP contribution is 2.21. The van der Waals surface area contributed by atoms with Crippen molar-refractivity contribution in [1.82, 2.24) is 14.9 Å². The van der Waals surface area contributed by atoms with Crippen LogP contribution in [-0.4, -0.2) is 39.9 Å². The molecule has 0 saturated heterocycles. The van der Waals surface area contributed by atoms with Gasteiger partial charge in [0.05, 0.1) is 0 Å². The zero-order valence-corrected chi connectivity index (χ0v) is 11.9. The van der Waals surface area contributed by atoms with Gasteiger partial charge in [0.15, 0.2) is 18.1 Å². The van der Waals surface area contributed by atoms with Gasteiger partial charge in [-0.3, -0.25) is 4.79 Å². The lowest BCUT2D eigenvalue weighted by molar-refractivity contribution is -0.132. The maximum atomic E-state index is 12.1. The summed E-state index contributed by atoms with van der Waals surface area (Å²) in [6, 6.07) is 0. The molecule has 0 aromatic carbocycles. The first-order chi connectivity index (χ1) is 10.1. The van der Waals surface area contributed by atoms with Gasteiger partial charge in [-0.1, -0.05) is 6.08 Å². The van der Waals surface area contributed by atoms with Crippen LogP contribution in [0.2, 0.25) is 0 Å². The number of likely N-dealkylation sites (N-methyl/N-ethyl adjacent to an activating group) is 1. The number of esters is 1. The first kappa shape index (κ1) is 15.0. The van der Waals surface area contributed by atoms with E-state index in [1.165, 1.54) is 12.4 Å². The molecule has 7 nitrogen and oxygen atoms in total. The third-order valence-electron chi connectivity index (χ3n) is 3.23. The molecule has 0 atom stereocenters. The lowest BCUT2D eigenvalue weighted by atomic mass is 10.3. The van der Waals surface area contributed by atoms with Gasteiger partial charge in [-0.15, -0.1) is 0 Å². The van der Waals surface area contributed by atoms with Crippen LogP contribution in [0.1, 0.15) is 36.7 Å². The molecule has 21 heavy (non-hydrogen) atoms. The zero-order valence-electron chi connectivity index (χ0n) is 11.9. The number of ether oxygens (including phenoxy) is 1. The summed E-state index contributed by atoms with van der Waals surface area (Å²) in [5, 5.41) is 0. The van der Waals surface area contributed by atoms with Crippen molar-refractivity contribution in [3.8, 4) is 0 Å². The van der Waals surface area contributed by atoms with Crippen molar-refractivity contribution in [2.75, 3.05) is 18.9 Å². The van der Waals surface area contributed by atoms with E-state index in [0.29, 0.717) is 6.54 Å². The number of allylic oxidation sites excluding steroid dienone is 2. The quantitative estimate of drug-likeness (QED) is 0.816. The van der Waals surface area contributed by atoms with E-state index in [1.807, 2.05) is 13.0 Å². The predicted octanol–water partition coefficient (Wildman–Crippen LogP) is 1.13. The van der Waals surface area contributed by atoms with Crippen LogP contribution < -0.4 is 5.73 Å². The minimum atomic E-state index is -0.745. The van der Waals surface area contributed by atoms with Crippen molar-refractivity contribution in [2.45, 2.75) is 26.2 Å². The van der Waals surface area contributed by atoms with Gasteiger partial charge in [-0.2, -0.15) is 0 Å². The highest BCUT2D eigenvalue weighted by atomic mass is 16.5. The van der Waals surface area contributed by atoms with Gasteiger partial charge in [0.25, 0.3) is 5.91 Å². The Labute approximate surface area is 122 Å². The number of nitrogens with zero attached hydrogens (tertiary/aromatic N) is 3. The monoisotopic (exact) mass is 290 g/mol. The molecule has 1 aromatic rings. The number of hydrogen-bond acceptors (Lipinski definition) is 6. The fourth-order valence-corrected chi connectivity index (χ4v) is 2.22.